The van der Waals surface area contributed by atoms with E-state index in [2.05, 4.69) is 15.5 Å². The molecule has 2 N–H and O–H groups in total. The van der Waals surface area contributed by atoms with Crippen LogP contribution in [-0.2, 0) is 0 Å². The minimum Gasteiger partial charge on any atom is -0.369 e. The van der Waals surface area contributed by atoms with Crippen molar-refractivity contribution in [1.82, 2.24) is 10.6 Å². The van der Waals surface area contributed by atoms with Crippen LogP contribution in [0.2, 0.25) is 10.0 Å². The van der Waals surface area contributed by atoms with Crippen LogP contribution in [0.5, 0.6) is 0 Å². The van der Waals surface area contributed by atoms with E-state index >= 15 is 0 Å². The van der Waals surface area contributed by atoms with Gasteiger partial charge in [-0.2, -0.15) is 0 Å². The number of urea groups is 1. The van der Waals surface area contributed by atoms with Crippen molar-refractivity contribution in [2.45, 2.75) is 12.5 Å². The molecule has 8 heteroatoms. The summed E-state index contributed by atoms with van der Waals surface area (Å²) in [5.41, 5.74) is 2.09. The normalized spacial score (nSPS) is 19.1. The Morgan fingerprint density at radius 3 is 2.75 bits per heavy atom. The number of benzene rings is 2. The highest BCUT2D eigenvalue weighted by Gasteiger charge is 2.27. The topological polar surface area (TPSA) is 64.7 Å². The molecule has 1 atom stereocenters. The smallest absolute Gasteiger partial charge is 0.322 e. The summed E-state index contributed by atoms with van der Waals surface area (Å²) in [4.78, 5) is 28.4. The number of hydrogen-bond donors (Lipinski definition) is 2. The van der Waals surface area contributed by atoms with Gasteiger partial charge in [0.2, 0.25) is 0 Å². The third-order valence-corrected chi connectivity index (χ3v) is 5.61. The van der Waals surface area contributed by atoms with E-state index < -0.39 is 0 Å². The van der Waals surface area contributed by atoms with Gasteiger partial charge < -0.3 is 15.5 Å². The average Bonchev–Trinajstić information content (AvgIpc) is 3.31. The van der Waals surface area contributed by atoms with Gasteiger partial charge in [0.15, 0.2) is 0 Å². The van der Waals surface area contributed by atoms with Crippen LogP contribution in [-0.4, -0.2) is 44.2 Å². The Kier molecular flexibility index (Phi) is 5.33. The van der Waals surface area contributed by atoms with Crippen molar-refractivity contribution >= 4 is 46.5 Å². The molecule has 4 rings (SSSR count). The molecule has 0 aliphatic carbocycles. The van der Waals surface area contributed by atoms with Gasteiger partial charge in [0.1, 0.15) is 0 Å². The maximum atomic E-state index is 12.7. The van der Waals surface area contributed by atoms with Gasteiger partial charge >= 0.3 is 6.03 Å². The summed E-state index contributed by atoms with van der Waals surface area (Å²) in [6, 6.07) is 12.6. The van der Waals surface area contributed by atoms with Crippen molar-refractivity contribution in [1.29, 1.82) is 0 Å². The van der Waals surface area contributed by atoms with Gasteiger partial charge in [0, 0.05) is 48.5 Å². The number of carbonyl (C=O) groups is 2. The Morgan fingerprint density at radius 1 is 1.14 bits per heavy atom. The van der Waals surface area contributed by atoms with Crippen molar-refractivity contribution in [2.75, 3.05) is 36.0 Å². The van der Waals surface area contributed by atoms with Crippen LogP contribution in [0.15, 0.2) is 42.5 Å². The van der Waals surface area contributed by atoms with Crippen molar-refractivity contribution in [2.24, 2.45) is 0 Å². The molecule has 28 heavy (non-hydrogen) atoms. The number of amides is 3. The molecule has 2 aliphatic heterocycles. The van der Waals surface area contributed by atoms with Crippen LogP contribution in [0.1, 0.15) is 16.8 Å². The molecule has 146 valence electrons. The van der Waals surface area contributed by atoms with E-state index in [9.17, 15) is 9.59 Å². The van der Waals surface area contributed by atoms with E-state index in [1.807, 2.05) is 24.3 Å². The number of hydrogen-bond acceptors (Lipinski definition) is 3. The second kappa shape index (κ2) is 7.89. The summed E-state index contributed by atoms with van der Waals surface area (Å²) in [5, 5.41) is 6.97. The highest BCUT2D eigenvalue weighted by Crippen LogP contribution is 2.29. The highest BCUT2D eigenvalue weighted by molar-refractivity contribution is 6.34. The minimum atomic E-state index is -0.201. The molecule has 0 aromatic heterocycles. The third-order valence-electron chi connectivity index (χ3n) is 5.05. The fourth-order valence-corrected chi connectivity index (χ4v) is 4.02. The number of nitrogens with zero attached hydrogens (tertiary/aromatic N) is 2. The molecule has 2 saturated heterocycles. The number of anilines is 2. The summed E-state index contributed by atoms with van der Waals surface area (Å²) in [7, 11) is 0. The average molecular weight is 419 g/mol. The van der Waals surface area contributed by atoms with Crippen molar-refractivity contribution in [3.05, 3.63) is 58.1 Å². The molecule has 2 heterocycles. The lowest BCUT2D eigenvalue weighted by Crippen LogP contribution is -2.37. The lowest BCUT2D eigenvalue weighted by molar-refractivity contribution is 0.0940. The number of nitrogens with one attached hydrogen (secondary N) is 2. The van der Waals surface area contributed by atoms with E-state index in [0.29, 0.717) is 34.4 Å². The summed E-state index contributed by atoms with van der Waals surface area (Å²) < 4.78 is 0. The molecule has 0 spiro atoms. The molecule has 0 saturated carbocycles. The quantitative estimate of drug-likeness (QED) is 0.797. The molecule has 0 radical (unpaired) electrons. The van der Waals surface area contributed by atoms with Crippen molar-refractivity contribution < 1.29 is 9.59 Å². The summed E-state index contributed by atoms with van der Waals surface area (Å²) >= 11 is 12.3. The Morgan fingerprint density at radius 2 is 2.00 bits per heavy atom. The molecular weight excluding hydrogens is 399 g/mol. The fraction of sp³-hybridized carbons (Fsp3) is 0.300. The van der Waals surface area contributed by atoms with Gasteiger partial charge in [-0.3, -0.25) is 9.69 Å². The van der Waals surface area contributed by atoms with E-state index in [1.165, 1.54) is 0 Å². The van der Waals surface area contributed by atoms with E-state index in [0.717, 1.165) is 25.2 Å². The van der Waals surface area contributed by atoms with E-state index in [4.69, 9.17) is 23.2 Å². The zero-order chi connectivity index (χ0) is 19.7. The zero-order valence-corrected chi connectivity index (χ0v) is 16.6. The van der Waals surface area contributed by atoms with Crippen LogP contribution in [0.4, 0.5) is 16.2 Å². The number of carbonyl (C=O) groups excluding carboxylic acids is 2. The van der Waals surface area contributed by atoms with Gasteiger partial charge in [0.05, 0.1) is 10.7 Å². The second-order valence-electron chi connectivity index (χ2n) is 6.93. The maximum Gasteiger partial charge on any atom is 0.322 e. The number of halogens is 2. The molecule has 2 fully saturated rings. The van der Waals surface area contributed by atoms with Crippen LogP contribution in [0.3, 0.4) is 0 Å². The largest absolute Gasteiger partial charge is 0.369 e. The molecule has 2 aliphatic rings. The molecule has 2 aromatic rings. The standard InChI is InChI=1S/C20H20Cl2N4O2/c21-14-2-1-3-16(11-14)25-8-6-15(12-25)24-19(27)13-4-5-17(22)18(10-13)26-9-7-23-20(26)28/h1-5,10-11,15H,6-9,12H2,(H,23,28)(H,24,27). The lowest BCUT2D eigenvalue weighted by atomic mass is 10.1. The molecule has 0 bridgehead atoms. The van der Waals surface area contributed by atoms with Crippen molar-refractivity contribution in [3.8, 4) is 0 Å². The SMILES string of the molecule is O=C(NC1CCN(c2cccc(Cl)c2)C1)c1ccc(Cl)c(N2CCNC2=O)c1. The first kappa shape index (κ1) is 18.9. The first-order chi connectivity index (χ1) is 13.5. The second-order valence-corrected chi connectivity index (χ2v) is 7.78. The molecular formula is C20H20Cl2N4O2. The Hall–Kier alpha value is -2.44. The highest BCUT2D eigenvalue weighted by atomic mass is 35.5. The summed E-state index contributed by atoms with van der Waals surface area (Å²) in [6.07, 6.45) is 0.854. The first-order valence-electron chi connectivity index (χ1n) is 9.17. The zero-order valence-electron chi connectivity index (χ0n) is 15.1. The summed E-state index contributed by atoms with van der Waals surface area (Å²) in [6.45, 7) is 2.67. The monoisotopic (exact) mass is 418 g/mol. The van der Waals surface area contributed by atoms with Gasteiger partial charge in [-0.05, 0) is 42.8 Å². The molecule has 2 aromatic carbocycles. The van der Waals surface area contributed by atoms with Gasteiger partial charge in [-0.15, -0.1) is 0 Å². The fourth-order valence-electron chi connectivity index (χ4n) is 3.62. The first-order valence-corrected chi connectivity index (χ1v) is 9.93. The number of rotatable bonds is 4. The maximum absolute atomic E-state index is 12.7. The molecule has 3 amide bonds. The van der Waals surface area contributed by atoms with Gasteiger partial charge in [-0.1, -0.05) is 29.3 Å². The summed E-state index contributed by atoms with van der Waals surface area (Å²) in [5.74, 6) is -0.171. The van der Waals surface area contributed by atoms with Crippen LogP contribution in [0.25, 0.3) is 0 Å². The van der Waals surface area contributed by atoms with Crippen molar-refractivity contribution in [3.63, 3.8) is 0 Å². The third kappa shape index (κ3) is 3.88. The lowest BCUT2D eigenvalue weighted by Gasteiger charge is -2.20. The molecule has 1 unspecified atom stereocenters. The predicted octanol–water partition coefficient (Wildman–Crippen LogP) is 3.53. The molecule has 6 nitrogen and oxygen atoms in total. The Bertz CT molecular complexity index is 921. The predicted molar refractivity (Wildman–Crippen MR) is 112 cm³/mol. The van der Waals surface area contributed by atoms with E-state index in [-0.39, 0.29) is 18.0 Å². The minimum absolute atomic E-state index is 0.0423. The van der Waals surface area contributed by atoms with Gasteiger partial charge in [0.25, 0.3) is 5.91 Å². The van der Waals surface area contributed by atoms with Gasteiger partial charge in [-0.25, -0.2) is 4.79 Å². The Labute approximate surface area is 173 Å². The van der Waals surface area contributed by atoms with Crippen LogP contribution >= 0.6 is 23.2 Å². The Balaban J connectivity index is 1.44. The van der Waals surface area contributed by atoms with E-state index in [1.54, 1.807) is 23.1 Å². The van der Waals surface area contributed by atoms with Crippen LogP contribution in [0, 0.1) is 0 Å². The van der Waals surface area contributed by atoms with Crippen LogP contribution < -0.4 is 20.4 Å².